The van der Waals surface area contributed by atoms with Gasteiger partial charge in [0, 0.05) is 5.56 Å². The number of nitrogens with zero attached hydrogens (tertiary/aromatic N) is 2. The number of carboxylic acids is 1. The van der Waals surface area contributed by atoms with E-state index in [2.05, 4.69) is 26.1 Å². The van der Waals surface area contributed by atoms with Crippen molar-refractivity contribution < 1.29 is 19.1 Å². The smallest absolute Gasteiger partial charge is 0.393 e. The van der Waals surface area contributed by atoms with Gasteiger partial charge < -0.3 is 14.3 Å². The molecule has 0 unspecified atom stereocenters. The molecule has 0 saturated carbocycles. The van der Waals surface area contributed by atoms with Crippen molar-refractivity contribution in [2.24, 2.45) is 0 Å². The number of methoxy groups -OCH3 is 1. The third kappa shape index (κ3) is 2.28. The molecule has 0 atom stereocenters. The fraction of sp³-hybridized carbons (Fsp3) is 0.100. The standard InChI is InChI=1S/C10H7BrN2O4/c1-16-7-3-2-5(4-6(7)11)8-12-13-9(17-8)10(14)15/h2-4H,1H3,(H,14,15). The predicted molar refractivity (Wildman–Crippen MR) is 60.9 cm³/mol. The lowest BCUT2D eigenvalue weighted by Crippen LogP contribution is -1.95. The molecule has 0 fully saturated rings. The van der Waals surface area contributed by atoms with Gasteiger partial charge in [0.05, 0.1) is 11.6 Å². The Balaban J connectivity index is 2.39. The van der Waals surface area contributed by atoms with Crippen molar-refractivity contribution in [3.8, 4) is 17.2 Å². The quantitative estimate of drug-likeness (QED) is 0.935. The molecule has 0 radical (unpaired) electrons. The first-order valence-corrected chi connectivity index (χ1v) is 5.32. The number of hydrogen-bond acceptors (Lipinski definition) is 5. The Kier molecular flexibility index (Phi) is 3.10. The van der Waals surface area contributed by atoms with Crippen LogP contribution in [0.4, 0.5) is 0 Å². The van der Waals surface area contributed by atoms with Crippen molar-refractivity contribution >= 4 is 21.9 Å². The highest BCUT2D eigenvalue weighted by Crippen LogP contribution is 2.29. The number of hydrogen-bond donors (Lipinski definition) is 1. The van der Waals surface area contributed by atoms with Crippen LogP contribution in [0.3, 0.4) is 0 Å². The Morgan fingerprint density at radius 2 is 2.24 bits per heavy atom. The normalized spacial score (nSPS) is 10.2. The van der Waals surface area contributed by atoms with Gasteiger partial charge in [-0.15, -0.1) is 10.2 Å². The van der Waals surface area contributed by atoms with Gasteiger partial charge in [0.15, 0.2) is 0 Å². The maximum absolute atomic E-state index is 10.6. The summed E-state index contributed by atoms with van der Waals surface area (Å²) in [5, 5.41) is 15.7. The summed E-state index contributed by atoms with van der Waals surface area (Å²) in [6.45, 7) is 0. The largest absolute Gasteiger partial charge is 0.496 e. The first-order chi connectivity index (χ1) is 8.11. The second-order valence-electron chi connectivity index (χ2n) is 3.07. The van der Waals surface area contributed by atoms with Crippen molar-refractivity contribution in [1.82, 2.24) is 10.2 Å². The number of carbonyl (C=O) groups is 1. The number of carboxylic acid groups (broad SMARTS) is 1. The van der Waals surface area contributed by atoms with Crippen molar-refractivity contribution in [1.29, 1.82) is 0 Å². The molecule has 1 N–H and O–H groups in total. The number of rotatable bonds is 3. The van der Waals surface area contributed by atoms with Gasteiger partial charge in [-0.1, -0.05) is 0 Å². The third-order valence-corrected chi connectivity index (χ3v) is 2.63. The van der Waals surface area contributed by atoms with Crippen molar-refractivity contribution in [3.05, 3.63) is 28.6 Å². The molecule has 2 rings (SSSR count). The van der Waals surface area contributed by atoms with E-state index in [1.165, 1.54) is 0 Å². The molecule has 0 bridgehead atoms. The fourth-order valence-corrected chi connectivity index (χ4v) is 1.77. The van der Waals surface area contributed by atoms with Gasteiger partial charge in [0.25, 0.3) is 0 Å². The summed E-state index contributed by atoms with van der Waals surface area (Å²) in [6.07, 6.45) is 0. The van der Waals surface area contributed by atoms with Gasteiger partial charge >= 0.3 is 11.9 Å². The number of aromatic nitrogens is 2. The number of aromatic carboxylic acids is 1. The molecule has 1 aromatic carbocycles. The molecule has 1 heterocycles. The molecule has 0 aliphatic rings. The Hall–Kier alpha value is -1.89. The number of benzene rings is 1. The van der Waals surface area contributed by atoms with Crippen LogP contribution < -0.4 is 4.74 Å². The average molecular weight is 299 g/mol. The summed E-state index contributed by atoms with van der Waals surface area (Å²) in [5.41, 5.74) is 0.609. The lowest BCUT2D eigenvalue weighted by atomic mass is 10.2. The van der Waals surface area contributed by atoms with Crippen LogP contribution in [0.2, 0.25) is 0 Å². The molecule has 2 aromatic rings. The molecule has 0 aliphatic heterocycles. The number of ether oxygens (including phenoxy) is 1. The summed E-state index contributed by atoms with van der Waals surface area (Å²) in [5.74, 6) is -0.888. The maximum Gasteiger partial charge on any atom is 0.393 e. The Bertz CT molecular complexity index is 567. The summed E-state index contributed by atoms with van der Waals surface area (Å²) >= 11 is 3.31. The Morgan fingerprint density at radius 1 is 1.47 bits per heavy atom. The molecule has 7 heteroatoms. The second-order valence-corrected chi connectivity index (χ2v) is 3.92. The minimum atomic E-state index is -1.25. The topological polar surface area (TPSA) is 85.5 Å². The molecular weight excluding hydrogens is 292 g/mol. The van der Waals surface area contributed by atoms with E-state index in [4.69, 9.17) is 14.3 Å². The Labute approximate surface area is 104 Å². The van der Waals surface area contributed by atoms with Crippen LogP contribution in [0.25, 0.3) is 11.5 Å². The van der Waals surface area contributed by atoms with Crippen LogP contribution in [-0.2, 0) is 0 Å². The summed E-state index contributed by atoms with van der Waals surface area (Å²) in [4.78, 5) is 10.6. The van der Waals surface area contributed by atoms with E-state index in [0.717, 1.165) is 0 Å². The van der Waals surface area contributed by atoms with Crippen LogP contribution in [0.5, 0.6) is 5.75 Å². The second kappa shape index (κ2) is 4.54. The molecule has 17 heavy (non-hydrogen) atoms. The first kappa shape index (κ1) is 11.6. The van der Waals surface area contributed by atoms with E-state index in [9.17, 15) is 4.79 Å². The lowest BCUT2D eigenvalue weighted by Gasteiger charge is -2.03. The monoisotopic (exact) mass is 298 g/mol. The highest BCUT2D eigenvalue weighted by atomic mass is 79.9. The molecule has 88 valence electrons. The van der Waals surface area contributed by atoms with E-state index in [1.54, 1.807) is 25.3 Å². The first-order valence-electron chi connectivity index (χ1n) is 4.52. The SMILES string of the molecule is COc1ccc(-c2nnc(C(=O)O)o2)cc1Br. The molecule has 0 spiro atoms. The minimum Gasteiger partial charge on any atom is -0.496 e. The zero-order valence-electron chi connectivity index (χ0n) is 8.68. The molecule has 0 amide bonds. The highest BCUT2D eigenvalue weighted by Gasteiger charge is 2.15. The van der Waals surface area contributed by atoms with E-state index < -0.39 is 11.9 Å². The van der Waals surface area contributed by atoms with E-state index in [0.29, 0.717) is 15.8 Å². The van der Waals surface area contributed by atoms with Crippen LogP contribution in [-0.4, -0.2) is 28.4 Å². The number of halogens is 1. The fourth-order valence-electron chi connectivity index (χ4n) is 1.23. The van der Waals surface area contributed by atoms with E-state index in [1.807, 2.05) is 0 Å². The van der Waals surface area contributed by atoms with Gasteiger partial charge in [0.1, 0.15) is 5.75 Å². The minimum absolute atomic E-state index is 0.144. The molecule has 0 aliphatic carbocycles. The summed E-state index contributed by atoms with van der Waals surface area (Å²) in [6, 6.07) is 5.12. The van der Waals surface area contributed by atoms with Gasteiger partial charge in [-0.3, -0.25) is 0 Å². The third-order valence-electron chi connectivity index (χ3n) is 2.01. The zero-order chi connectivity index (χ0) is 12.4. The summed E-state index contributed by atoms with van der Waals surface area (Å²) < 4.78 is 10.8. The van der Waals surface area contributed by atoms with Crippen LogP contribution in [0, 0.1) is 0 Å². The molecule has 6 nitrogen and oxygen atoms in total. The van der Waals surface area contributed by atoms with Crippen LogP contribution >= 0.6 is 15.9 Å². The van der Waals surface area contributed by atoms with Gasteiger partial charge in [-0.25, -0.2) is 4.79 Å². The van der Waals surface area contributed by atoms with Crippen LogP contribution in [0.1, 0.15) is 10.7 Å². The van der Waals surface area contributed by atoms with Gasteiger partial charge in [-0.2, -0.15) is 0 Å². The van der Waals surface area contributed by atoms with Crippen molar-refractivity contribution in [2.75, 3.05) is 7.11 Å². The maximum atomic E-state index is 10.6. The lowest BCUT2D eigenvalue weighted by molar-refractivity contribution is 0.0654. The van der Waals surface area contributed by atoms with E-state index >= 15 is 0 Å². The Morgan fingerprint density at radius 3 is 2.76 bits per heavy atom. The molecule has 1 aromatic heterocycles. The van der Waals surface area contributed by atoms with E-state index in [-0.39, 0.29) is 5.89 Å². The molecule has 0 saturated heterocycles. The van der Waals surface area contributed by atoms with Gasteiger partial charge in [0.2, 0.25) is 5.89 Å². The van der Waals surface area contributed by atoms with Crippen molar-refractivity contribution in [2.45, 2.75) is 0 Å². The predicted octanol–water partition coefficient (Wildman–Crippen LogP) is 2.21. The van der Waals surface area contributed by atoms with Crippen LogP contribution in [0.15, 0.2) is 27.1 Å². The van der Waals surface area contributed by atoms with Crippen molar-refractivity contribution in [3.63, 3.8) is 0 Å². The molecular formula is C10H7BrN2O4. The average Bonchev–Trinajstić information content (AvgIpc) is 2.78. The summed E-state index contributed by atoms with van der Waals surface area (Å²) in [7, 11) is 1.55. The van der Waals surface area contributed by atoms with Gasteiger partial charge in [-0.05, 0) is 34.1 Å². The highest BCUT2D eigenvalue weighted by molar-refractivity contribution is 9.10. The zero-order valence-corrected chi connectivity index (χ0v) is 10.3.